The Kier molecular flexibility index (Phi) is 6.90. The SMILES string of the molecule is COc1cc(NC(=S)Nc2ccc(CN3CCCCC3)cc2)cc(OC)c1. The average Bonchev–Trinajstić information content (AvgIpc) is 2.70. The molecule has 1 heterocycles. The summed E-state index contributed by atoms with van der Waals surface area (Å²) in [5.74, 6) is 1.42. The van der Waals surface area contributed by atoms with E-state index in [0.29, 0.717) is 16.6 Å². The van der Waals surface area contributed by atoms with Crippen LogP contribution < -0.4 is 20.1 Å². The van der Waals surface area contributed by atoms with Crippen LogP contribution in [0.1, 0.15) is 24.8 Å². The van der Waals surface area contributed by atoms with Gasteiger partial charge < -0.3 is 20.1 Å². The summed E-state index contributed by atoms with van der Waals surface area (Å²) in [5.41, 5.74) is 3.11. The largest absolute Gasteiger partial charge is 0.497 e. The van der Waals surface area contributed by atoms with Crippen molar-refractivity contribution in [2.24, 2.45) is 0 Å². The Morgan fingerprint density at radius 3 is 2.07 bits per heavy atom. The molecule has 0 aliphatic carbocycles. The van der Waals surface area contributed by atoms with Gasteiger partial charge in [-0.3, -0.25) is 4.90 Å². The monoisotopic (exact) mass is 385 g/mol. The molecule has 5 nitrogen and oxygen atoms in total. The molecule has 144 valence electrons. The Hall–Kier alpha value is -2.31. The van der Waals surface area contributed by atoms with E-state index in [1.165, 1.54) is 37.9 Å². The second-order valence-electron chi connectivity index (χ2n) is 6.71. The topological polar surface area (TPSA) is 45.8 Å². The molecule has 1 aliphatic heterocycles. The fourth-order valence-corrected chi connectivity index (χ4v) is 3.48. The van der Waals surface area contributed by atoms with Crippen LogP contribution in [0.15, 0.2) is 42.5 Å². The third kappa shape index (κ3) is 5.84. The molecule has 6 heteroatoms. The molecular formula is C21H27N3O2S. The highest BCUT2D eigenvalue weighted by atomic mass is 32.1. The maximum absolute atomic E-state index is 5.43. The maximum atomic E-state index is 5.43. The summed E-state index contributed by atoms with van der Waals surface area (Å²) in [6, 6.07) is 14.0. The minimum absolute atomic E-state index is 0.522. The Morgan fingerprint density at radius 2 is 1.48 bits per heavy atom. The van der Waals surface area contributed by atoms with E-state index >= 15 is 0 Å². The van der Waals surface area contributed by atoms with Crippen molar-refractivity contribution in [1.29, 1.82) is 0 Å². The highest BCUT2D eigenvalue weighted by Crippen LogP contribution is 2.26. The summed E-state index contributed by atoms with van der Waals surface area (Å²) < 4.78 is 10.6. The first kappa shape index (κ1) is 19.5. The van der Waals surface area contributed by atoms with Gasteiger partial charge in [0.25, 0.3) is 0 Å². The van der Waals surface area contributed by atoms with Crippen molar-refractivity contribution in [3.63, 3.8) is 0 Å². The molecular weight excluding hydrogens is 358 g/mol. The zero-order valence-electron chi connectivity index (χ0n) is 16.0. The molecule has 27 heavy (non-hydrogen) atoms. The molecule has 2 aromatic carbocycles. The molecule has 1 fully saturated rings. The number of anilines is 2. The van der Waals surface area contributed by atoms with Crippen LogP contribution in [0.4, 0.5) is 11.4 Å². The quantitative estimate of drug-likeness (QED) is 0.714. The van der Waals surface area contributed by atoms with Crippen molar-refractivity contribution in [2.75, 3.05) is 37.9 Å². The molecule has 0 bridgehead atoms. The van der Waals surface area contributed by atoms with Crippen LogP contribution in [0, 0.1) is 0 Å². The summed E-state index contributed by atoms with van der Waals surface area (Å²) in [7, 11) is 3.25. The average molecular weight is 386 g/mol. The highest BCUT2D eigenvalue weighted by molar-refractivity contribution is 7.80. The van der Waals surface area contributed by atoms with Gasteiger partial charge in [0.1, 0.15) is 11.5 Å². The molecule has 2 aromatic rings. The van der Waals surface area contributed by atoms with Gasteiger partial charge in [0.05, 0.1) is 14.2 Å². The third-order valence-corrected chi connectivity index (χ3v) is 4.88. The molecule has 0 amide bonds. The third-order valence-electron chi connectivity index (χ3n) is 4.68. The number of methoxy groups -OCH3 is 2. The predicted octanol–water partition coefficient (Wildman–Crippen LogP) is 4.50. The van der Waals surface area contributed by atoms with Gasteiger partial charge in [0.2, 0.25) is 0 Å². The van der Waals surface area contributed by atoms with E-state index in [0.717, 1.165) is 17.9 Å². The summed E-state index contributed by atoms with van der Waals surface area (Å²) in [6.07, 6.45) is 3.99. The van der Waals surface area contributed by atoms with Crippen LogP contribution in [-0.2, 0) is 6.54 Å². The smallest absolute Gasteiger partial charge is 0.175 e. The lowest BCUT2D eigenvalue weighted by molar-refractivity contribution is 0.221. The maximum Gasteiger partial charge on any atom is 0.175 e. The summed E-state index contributed by atoms with van der Waals surface area (Å²) in [4.78, 5) is 2.52. The van der Waals surface area contributed by atoms with E-state index in [2.05, 4.69) is 39.8 Å². The van der Waals surface area contributed by atoms with Gasteiger partial charge in [-0.05, 0) is 55.8 Å². The standard InChI is InChI=1S/C21H27N3O2S/c1-25-19-12-18(13-20(14-19)26-2)23-21(27)22-17-8-6-16(7-9-17)15-24-10-4-3-5-11-24/h6-9,12-14H,3-5,10-11,15H2,1-2H3,(H2,22,23,27). The van der Waals surface area contributed by atoms with E-state index in [1.807, 2.05) is 18.2 Å². The number of benzene rings is 2. The van der Waals surface area contributed by atoms with E-state index < -0.39 is 0 Å². The predicted molar refractivity (Wildman–Crippen MR) is 115 cm³/mol. The number of nitrogens with zero attached hydrogens (tertiary/aromatic N) is 1. The van der Waals surface area contributed by atoms with Crippen molar-refractivity contribution in [3.8, 4) is 11.5 Å². The Labute approximate surface area is 166 Å². The lowest BCUT2D eigenvalue weighted by Crippen LogP contribution is -2.29. The van der Waals surface area contributed by atoms with Gasteiger partial charge in [0.15, 0.2) is 5.11 Å². The number of nitrogens with one attached hydrogen (secondary N) is 2. The van der Waals surface area contributed by atoms with Crippen LogP contribution in [0.3, 0.4) is 0 Å². The number of likely N-dealkylation sites (tertiary alicyclic amines) is 1. The van der Waals surface area contributed by atoms with Crippen LogP contribution in [0.25, 0.3) is 0 Å². The molecule has 0 saturated carbocycles. The van der Waals surface area contributed by atoms with Gasteiger partial charge in [-0.2, -0.15) is 0 Å². The molecule has 0 unspecified atom stereocenters. The Bertz CT molecular complexity index is 736. The molecule has 1 saturated heterocycles. The van der Waals surface area contributed by atoms with Crippen molar-refractivity contribution in [3.05, 3.63) is 48.0 Å². The van der Waals surface area contributed by atoms with Gasteiger partial charge in [0, 0.05) is 36.1 Å². The van der Waals surface area contributed by atoms with Crippen molar-refractivity contribution < 1.29 is 9.47 Å². The summed E-state index contributed by atoms with van der Waals surface area (Å²) in [5, 5.41) is 6.92. The normalized spacial score (nSPS) is 14.4. The van der Waals surface area contributed by atoms with E-state index in [9.17, 15) is 0 Å². The van der Waals surface area contributed by atoms with E-state index in [1.54, 1.807) is 14.2 Å². The first-order valence-electron chi connectivity index (χ1n) is 9.28. The summed E-state index contributed by atoms with van der Waals surface area (Å²) >= 11 is 5.43. The second kappa shape index (κ2) is 9.58. The number of thiocarbonyl (C=S) groups is 1. The number of piperidine rings is 1. The molecule has 0 atom stereocenters. The van der Waals surface area contributed by atoms with Crippen molar-refractivity contribution in [1.82, 2.24) is 4.90 Å². The van der Waals surface area contributed by atoms with Crippen LogP contribution in [0.5, 0.6) is 11.5 Å². The minimum atomic E-state index is 0.522. The van der Waals surface area contributed by atoms with Gasteiger partial charge in [-0.15, -0.1) is 0 Å². The molecule has 3 rings (SSSR count). The second-order valence-corrected chi connectivity index (χ2v) is 7.12. The van der Waals surface area contributed by atoms with Crippen molar-refractivity contribution in [2.45, 2.75) is 25.8 Å². The highest BCUT2D eigenvalue weighted by Gasteiger charge is 2.10. The molecule has 0 aromatic heterocycles. The summed E-state index contributed by atoms with van der Waals surface area (Å²) in [6.45, 7) is 3.43. The molecule has 2 N–H and O–H groups in total. The Balaban J connectivity index is 1.56. The van der Waals surface area contributed by atoms with Crippen LogP contribution in [0.2, 0.25) is 0 Å². The van der Waals surface area contributed by atoms with E-state index in [4.69, 9.17) is 21.7 Å². The molecule has 0 radical (unpaired) electrons. The number of ether oxygens (including phenoxy) is 2. The number of hydrogen-bond donors (Lipinski definition) is 2. The minimum Gasteiger partial charge on any atom is -0.497 e. The van der Waals surface area contributed by atoms with Gasteiger partial charge in [-0.1, -0.05) is 18.6 Å². The van der Waals surface area contributed by atoms with Crippen molar-refractivity contribution >= 4 is 28.7 Å². The first-order chi connectivity index (χ1) is 13.2. The van der Waals surface area contributed by atoms with Gasteiger partial charge >= 0.3 is 0 Å². The van der Waals surface area contributed by atoms with E-state index in [-0.39, 0.29) is 0 Å². The zero-order chi connectivity index (χ0) is 19.1. The first-order valence-corrected chi connectivity index (χ1v) is 9.69. The zero-order valence-corrected chi connectivity index (χ0v) is 16.8. The fourth-order valence-electron chi connectivity index (χ4n) is 3.24. The van der Waals surface area contributed by atoms with Gasteiger partial charge in [-0.25, -0.2) is 0 Å². The lowest BCUT2D eigenvalue weighted by atomic mass is 10.1. The van der Waals surface area contributed by atoms with Crippen LogP contribution in [-0.4, -0.2) is 37.3 Å². The molecule has 0 spiro atoms. The van der Waals surface area contributed by atoms with Crippen LogP contribution >= 0.6 is 12.2 Å². The fraction of sp³-hybridized carbons (Fsp3) is 0.381. The number of rotatable bonds is 6. The lowest BCUT2D eigenvalue weighted by Gasteiger charge is -2.26. The molecule has 1 aliphatic rings. The number of hydrogen-bond acceptors (Lipinski definition) is 4. The Morgan fingerprint density at radius 1 is 0.889 bits per heavy atom.